The summed E-state index contributed by atoms with van der Waals surface area (Å²) in [5.74, 6) is 0. The van der Waals surface area contributed by atoms with Crippen molar-refractivity contribution in [3.8, 4) is 0 Å². The number of para-hydroxylation sites is 1. The van der Waals surface area contributed by atoms with Gasteiger partial charge >= 0.3 is 6.18 Å². The molecule has 0 radical (unpaired) electrons. The molecule has 1 rings (SSSR count). The predicted octanol–water partition coefficient (Wildman–Crippen LogP) is 3.15. The number of alkyl halides is 3. The van der Waals surface area contributed by atoms with Crippen LogP contribution in [0, 0.1) is 0 Å². The zero-order valence-electron chi connectivity index (χ0n) is 8.38. The molecule has 1 aromatic carbocycles. The highest BCUT2D eigenvalue weighted by atomic mass is 35.5. The zero-order chi connectivity index (χ0) is 12.3. The van der Waals surface area contributed by atoms with Gasteiger partial charge in [-0.1, -0.05) is 17.7 Å². The van der Waals surface area contributed by atoms with Gasteiger partial charge in [-0.25, -0.2) is 0 Å². The highest BCUT2D eigenvalue weighted by molar-refractivity contribution is 6.33. The number of hydrogen-bond acceptors (Lipinski definition) is 2. The van der Waals surface area contributed by atoms with Crippen molar-refractivity contribution in [1.29, 1.82) is 0 Å². The summed E-state index contributed by atoms with van der Waals surface area (Å²) in [6.07, 6.45) is -3.86. The summed E-state index contributed by atoms with van der Waals surface area (Å²) >= 11 is 5.76. The van der Waals surface area contributed by atoms with Crippen LogP contribution in [0.5, 0.6) is 0 Å². The summed E-state index contributed by atoms with van der Waals surface area (Å²) < 4.78 is 36.6. The van der Waals surface area contributed by atoms with Crippen LogP contribution < -0.4 is 4.90 Å². The van der Waals surface area contributed by atoms with Crippen LogP contribution >= 0.6 is 11.6 Å². The SMILES string of the molecule is CN(CC(F)(F)F)c1c(Cl)cccc1C=O. The first-order chi connectivity index (χ1) is 7.35. The van der Waals surface area contributed by atoms with E-state index in [4.69, 9.17) is 11.6 Å². The van der Waals surface area contributed by atoms with E-state index >= 15 is 0 Å². The Labute approximate surface area is 95.6 Å². The largest absolute Gasteiger partial charge is 0.405 e. The topological polar surface area (TPSA) is 20.3 Å². The van der Waals surface area contributed by atoms with Gasteiger partial charge in [0.2, 0.25) is 0 Å². The maximum atomic E-state index is 12.2. The fourth-order valence-electron chi connectivity index (χ4n) is 1.38. The van der Waals surface area contributed by atoms with Crippen molar-refractivity contribution in [2.75, 3.05) is 18.5 Å². The van der Waals surface area contributed by atoms with Crippen molar-refractivity contribution in [2.45, 2.75) is 6.18 Å². The average molecular weight is 252 g/mol. The summed E-state index contributed by atoms with van der Waals surface area (Å²) in [6.45, 7) is -1.16. The number of carbonyl (C=O) groups is 1. The molecule has 0 saturated carbocycles. The fourth-order valence-corrected chi connectivity index (χ4v) is 1.70. The van der Waals surface area contributed by atoms with Crippen LogP contribution in [0.3, 0.4) is 0 Å². The van der Waals surface area contributed by atoms with Crippen molar-refractivity contribution in [3.05, 3.63) is 28.8 Å². The molecule has 0 fully saturated rings. The normalized spacial score (nSPS) is 11.3. The van der Waals surface area contributed by atoms with E-state index in [0.29, 0.717) is 6.29 Å². The number of aldehydes is 1. The van der Waals surface area contributed by atoms with Crippen LogP contribution in [0.25, 0.3) is 0 Å². The van der Waals surface area contributed by atoms with Crippen LogP contribution in [-0.2, 0) is 0 Å². The molecule has 0 heterocycles. The van der Waals surface area contributed by atoms with Crippen molar-refractivity contribution >= 4 is 23.6 Å². The number of anilines is 1. The summed E-state index contributed by atoms with van der Waals surface area (Å²) in [4.78, 5) is 11.6. The second-order valence-electron chi connectivity index (χ2n) is 3.27. The molecule has 0 spiro atoms. The summed E-state index contributed by atoms with van der Waals surface area (Å²) in [5.41, 5.74) is 0.232. The Morgan fingerprint density at radius 1 is 1.44 bits per heavy atom. The molecule has 0 saturated heterocycles. The van der Waals surface area contributed by atoms with Gasteiger partial charge in [0.05, 0.1) is 10.7 Å². The molecule has 16 heavy (non-hydrogen) atoms. The summed E-state index contributed by atoms with van der Waals surface area (Å²) in [5, 5.41) is 0.122. The van der Waals surface area contributed by atoms with Crippen LogP contribution in [0.1, 0.15) is 10.4 Å². The Hall–Kier alpha value is -1.23. The maximum absolute atomic E-state index is 12.2. The summed E-state index contributed by atoms with van der Waals surface area (Å²) in [6, 6.07) is 4.37. The molecule has 2 nitrogen and oxygen atoms in total. The molecule has 0 unspecified atom stereocenters. The van der Waals surface area contributed by atoms with Gasteiger partial charge in [0, 0.05) is 12.6 Å². The molecular formula is C10H9ClF3NO. The van der Waals surface area contributed by atoms with E-state index in [-0.39, 0.29) is 16.3 Å². The first-order valence-corrected chi connectivity index (χ1v) is 4.74. The van der Waals surface area contributed by atoms with Crippen molar-refractivity contribution in [2.24, 2.45) is 0 Å². The van der Waals surface area contributed by atoms with E-state index in [0.717, 1.165) is 4.90 Å². The highest BCUT2D eigenvalue weighted by Gasteiger charge is 2.30. The number of hydrogen-bond donors (Lipinski definition) is 0. The monoisotopic (exact) mass is 251 g/mol. The number of benzene rings is 1. The average Bonchev–Trinajstić information content (AvgIpc) is 2.14. The summed E-state index contributed by atoms with van der Waals surface area (Å²) in [7, 11) is 1.24. The lowest BCUT2D eigenvalue weighted by atomic mass is 10.2. The number of rotatable bonds is 3. The molecule has 0 aromatic heterocycles. The van der Waals surface area contributed by atoms with E-state index in [2.05, 4.69) is 0 Å². The number of halogens is 4. The van der Waals surface area contributed by atoms with Crippen LogP contribution in [0.4, 0.5) is 18.9 Å². The first-order valence-electron chi connectivity index (χ1n) is 4.36. The molecule has 0 bridgehead atoms. The number of nitrogens with zero attached hydrogens (tertiary/aromatic N) is 1. The van der Waals surface area contributed by atoms with Gasteiger partial charge in [-0.15, -0.1) is 0 Å². The number of carbonyl (C=O) groups excluding carboxylic acids is 1. The van der Waals surface area contributed by atoms with Gasteiger partial charge < -0.3 is 4.90 Å². The van der Waals surface area contributed by atoms with Crippen molar-refractivity contribution < 1.29 is 18.0 Å². The third-order valence-electron chi connectivity index (χ3n) is 1.94. The van der Waals surface area contributed by atoms with Crippen LogP contribution in [0.15, 0.2) is 18.2 Å². The lowest BCUT2D eigenvalue weighted by Crippen LogP contribution is -2.31. The van der Waals surface area contributed by atoms with Gasteiger partial charge in [-0.05, 0) is 12.1 Å². The van der Waals surface area contributed by atoms with Gasteiger partial charge in [0.25, 0.3) is 0 Å². The van der Waals surface area contributed by atoms with Crippen LogP contribution in [0.2, 0.25) is 5.02 Å². The van der Waals surface area contributed by atoms with Gasteiger partial charge in [0.15, 0.2) is 6.29 Å². The molecular weight excluding hydrogens is 243 g/mol. The molecule has 88 valence electrons. The molecule has 1 aromatic rings. The second-order valence-corrected chi connectivity index (χ2v) is 3.67. The van der Waals surface area contributed by atoms with E-state index < -0.39 is 12.7 Å². The lowest BCUT2D eigenvalue weighted by Gasteiger charge is -2.23. The smallest absolute Gasteiger partial charge is 0.364 e. The molecule has 0 aliphatic heterocycles. The van der Waals surface area contributed by atoms with Gasteiger partial charge in [-0.3, -0.25) is 4.79 Å². The minimum atomic E-state index is -4.34. The predicted molar refractivity (Wildman–Crippen MR) is 56.2 cm³/mol. The second kappa shape index (κ2) is 4.74. The van der Waals surface area contributed by atoms with Gasteiger partial charge in [0.1, 0.15) is 6.54 Å². The maximum Gasteiger partial charge on any atom is 0.405 e. The Balaban J connectivity index is 3.07. The molecule has 6 heteroatoms. The standard InChI is InChI=1S/C10H9ClF3NO/c1-15(6-10(12,13)14)9-7(5-16)3-2-4-8(9)11/h2-5H,6H2,1H3. The molecule has 0 aliphatic rings. The lowest BCUT2D eigenvalue weighted by molar-refractivity contribution is -0.119. The first kappa shape index (κ1) is 12.8. The minimum absolute atomic E-state index is 0.0940. The fraction of sp³-hybridized carbons (Fsp3) is 0.300. The quantitative estimate of drug-likeness (QED) is 0.769. The molecule has 0 N–H and O–H groups in total. The van der Waals surface area contributed by atoms with E-state index in [1.165, 1.54) is 25.2 Å². The van der Waals surface area contributed by atoms with Crippen molar-refractivity contribution in [1.82, 2.24) is 0 Å². The van der Waals surface area contributed by atoms with Gasteiger partial charge in [-0.2, -0.15) is 13.2 Å². The molecule has 0 amide bonds. The molecule has 0 aliphatic carbocycles. The van der Waals surface area contributed by atoms with Crippen LogP contribution in [-0.4, -0.2) is 26.1 Å². The van der Waals surface area contributed by atoms with Crippen molar-refractivity contribution in [3.63, 3.8) is 0 Å². The highest BCUT2D eigenvalue weighted by Crippen LogP contribution is 2.30. The Morgan fingerprint density at radius 3 is 2.56 bits per heavy atom. The Bertz CT molecular complexity index is 392. The Morgan fingerprint density at radius 2 is 2.06 bits per heavy atom. The molecule has 0 atom stereocenters. The minimum Gasteiger partial charge on any atom is -0.364 e. The third kappa shape index (κ3) is 3.13. The third-order valence-corrected chi connectivity index (χ3v) is 2.25. The zero-order valence-corrected chi connectivity index (χ0v) is 9.14. The van der Waals surface area contributed by atoms with E-state index in [9.17, 15) is 18.0 Å². The van der Waals surface area contributed by atoms with E-state index in [1.54, 1.807) is 0 Å². The van der Waals surface area contributed by atoms with E-state index in [1.807, 2.05) is 0 Å². The Kier molecular flexibility index (Phi) is 3.80.